The summed E-state index contributed by atoms with van der Waals surface area (Å²) >= 11 is 2.14. The van der Waals surface area contributed by atoms with Crippen molar-refractivity contribution in [1.29, 1.82) is 0 Å². The van der Waals surface area contributed by atoms with E-state index in [0.717, 1.165) is 24.3 Å². The Bertz CT molecular complexity index is 139. The summed E-state index contributed by atoms with van der Waals surface area (Å²) in [5.74, 6) is 5.62. The molecule has 1 saturated heterocycles. The van der Waals surface area contributed by atoms with Crippen LogP contribution in [-0.4, -0.2) is 18.1 Å². The van der Waals surface area contributed by atoms with E-state index in [9.17, 15) is 0 Å². The summed E-state index contributed by atoms with van der Waals surface area (Å²) in [6.07, 6.45) is 5.80. The molecule has 1 nitrogen and oxygen atoms in total. The Hall–Kier alpha value is 0.310. The average molecular weight is 185 g/mol. The van der Waals surface area contributed by atoms with Crippen LogP contribution >= 0.6 is 11.8 Å². The third kappa shape index (κ3) is 1.97. The lowest BCUT2D eigenvalue weighted by Gasteiger charge is -2.29. The Kier molecular flexibility index (Phi) is 2.97. The van der Waals surface area contributed by atoms with Crippen LogP contribution < -0.4 is 5.73 Å². The zero-order valence-corrected chi connectivity index (χ0v) is 8.48. The molecule has 1 heterocycles. The van der Waals surface area contributed by atoms with E-state index in [4.69, 9.17) is 5.73 Å². The minimum absolute atomic E-state index is 0.873. The van der Waals surface area contributed by atoms with Crippen LogP contribution in [0.4, 0.5) is 0 Å². The molecule has 2 fully saturated rings. The zero-order chi connectivity index (χ0) is 8.39. The topological polar surface area (TPSA) is 26.0 Å². The Morgan fingerprint density at radius 1 is 1.25 bits per heavy atom. The van der Waals surface area contributed by atoms with Gasteiger partial charge in [0, 0.05) is 0 Å². The molecule has 2 N–H and O–H groups in total. The molecule has 2 atom stereocenters. The molecule has 12 heavy (non-hydrogen) atoms. The summed E-state index contributed by atoms with van der Waals surface area (Å²) in [4.78, 5) is 0. The third-order valence-corrected chi connectivity index (χ3v) is 4.54. The molecule has 0 amide bonds. The van der Waals surface area contributed by atoms with Gasteiger partial charge in [0.05, 0.1) is 0 Å². The van der Waals surface area contributed by atoms with Gasteiger partial charge >= 0.3 is 0 Å². The average Bonchev–Trinajstić information content (AvgIpc) is 2.92. The van der Waals surface area contributed by atoms with Gasteiger partial charge in [-0.3, -0.25) is 0 Å². The molecular formula is C10H19NS. The molecular weight excluding hydrogens is 166 g/mol. The summed E-state index contributed by atoms with van der Waals surface area (Å²) in [5.41, 5.74) is 5.84. The van der Waals surface area contributed by atoms with Gasteiger partial charge in [-0.1, -0.05) is 0 Å². The molecule has 0 radical (unpaired) electrons. The Morgan fingerprint density at radius 2 is 2.08 bits per heavy atom. The Morgan fingerprint density at radius 3 is 2.58 bits per heavy atom. The molecule has 0 aromatic carbocycles. The van der Waals surface area contributed by atoms with Gasteiger partial charge in [0.2, 0.25) is 0 Å². The predicted octanol–water partition coefficient (Wildman–Crippen LogP) is 2.11. The van der Waals surface area contributed by atoms with Crippen LogP contribution in [0.25, 0.3) is 0 Å². The fourth-order valence-corrected chi connectivity index (χ4v) is 3.65. The largest absolute Gasteiger partial charge is 0.330 e. The summed E-state index contributed by atoms with van der Waals surface area (Å²) in [7, 11) is 0. The molecule has 0 aromatic heterocycles. The maximum absolute atomic E-state index is 5.84. The van der Waals surface area contributed by atoms with Crippen molar-refractivity contribution in [3.05, 3.63) is 0 Å². The SMILES string of the molecule is NCC(C1CC1)C1CCCSC1. The highest BCUT2D eigenvalue weighted by Crippen LogP contribution is 2.43. The van der Waals surface area contributed by atoms with E-state index in [1.807, 2.05) is 0 Å². The van der Waals surface area contributed by atoms with Crippen molar-refractivity contribution in [1.82, 2.24) is 0 Å². The highest BCUT2D eigenvalue weighted by Gasteiger charge is 2.35. The quantitative estimate of drug-likeness (QED) is 0.729. The van der Waals surface area contributed by atoms with Crippen LogP contribution in [0.1, 0.15) is 25.7 Å². The zero-order valence-electron chi connectivity index (χ0n) is 7.67. The van der Waals surface area contributed by atoms with Gasteiger partial charge in [-0.25, -0.2) is 0 Å². The lowest BCUT2D eigenvalue weighted by Crippen LogP contribution is -2.28. The first-order chi connectivity index (χ1) is 5.92. The lowest BCUT2D eigenvalue weighted by atomic mass is 9.86. The smallest absolute Gasteiger partial charge is 0.00359 e. The molecule has 1 aliphatic heterocycles. The summed E-state index contributed by atoms with van der Waals surface area (Å²) in [5, 5.41) is 0. The van der Waals surface area contributed by atoms with E-state index in [2.05, 4.69) is 11.8 Å². The van der Waals surface area contributed by atoms with Gasteiger partial charge in [0.1, 0.15) is 0 Å². The van der Waals surface area contributed by atoms with Crippen LogP contribution in [0.15, 0.2) is 0 Å². The third-order valence-electron chi connectivity index (χ3n) is 3.30. The van der Waals surface area contributed by atoms with Crippen molar-refractivity contribution in [3.8, 4) is 0 Å². The van der Waals surface area contributed by atoms with Crippen LogP contribution in [-0.2, 0) is 0 Å². The Labute approximate surface area is 79.5 Å². The molecule has 0 spiro atoms. The first-order valence-corrected chi connectivity index (χ1v) is 6.35. The number of nitrogens with two attached hydrogens (primary N) is 1. The molecule has 2 unspecified atom stereocenters. The van der Waals surface area contributed by atoms with Gasteiger partial charge in [0.25, 0.3) is 0 Å². The molecule has 0 bridgehead atoms. The molecule has 70 valence electrons. The van der Waals surface area contributed by atoms with Crippen molar-refractivity contribution < 1.29 is 0 Å². The van der Waals surface area contributed by atoms with E-state index in [1.54, 1.807) is 0 Å². The highest BCUT2D eigenvalue weighted by atomic mass is 32.2. The summed E-state index contributed by atoms with van der Waals surface area (Å²) in [6.45, 7) is 0.940. The normalized spacial score (nSPS) is 33.2. The second-order valence-corrected chi connectivity index (χ2v) is 5.36. The molecule has 2 heteroatoms. The maximum Gasteiger partial charge on any atom is -0.00359 e. The first-order valence-electron chi connectivity index (χ1n) is 5.19. The van der Waals surface area contributed by atoms with Gasteiger partial charge < -0.3 is 5.73 Å². The van der Waals surface area contributed by atoms with Crippen LogP contribution in [0.5, 0.6) is 0 Å². The van der Waals surface area contributed by atoms with Gasteiger partial charge in [-0.15, -0.1) is 0 Å². The van der Waals surface area contributed by atoms with Crippen molar-refractivity contribution in [3.63, 3.8) is 0 Å². The fraction of sp³-hybridized carbons (Fsp3) is 1.00. The minimum atomic E-state index is 0.873. The van der Waals surface area contributed by atoms with Crippen LogP contribution in [0, 0.1) is 17.8 Å². The number of hydrogen-bond acceptors (Lipinski definition) is 2. The molecule has 2 rings (SSSR count). The standard InChI is InChI=1S/C10H19NS/c11-6-10(8-3-4-8)9-2-1-5-12-7-9/h8-10H,1-7,11H2. The monoisotopic (exact) mass is 185 g/mol. The number of thioether (sulfide) groups is 1. The van der Waals surface area contributed by atoms with Gasteiger partial charge in [0.15, 0.2) is 0 Å². The fourth-order valence-electron chi connectivity index (χ4n) is 2.40. The second kappa shape index (κ2) is 4.01. The van der Waals surface area contributed by atoms with Crippen molar-refractivity contribution in [2.24, 2.45) is 23.5 Å². The van der Waals surface area contributed by atoms with Crippen LogP contribution in [0.2, 0.25) is 0 Å². The van der Waals surface area contributed by atoms with Gasteiger partial charge in [-0.2, -0.15) is 11.8 Å². The number of rotatable bonds is 3. The molecule has 1 saturated carbocycles. The summed E-state index contributed by atoms with van der Waals surface area (Å²) < 4.78 is 0. The van der Waals surface area contributed by atoms with E-state index in [1.165, 1.54) is 37.2 Å². The van der Waals surface area contributed by atoms with E-state index < -0.39 is 0 Å². The van der Waals surface area contributed by atoms with E-state index in [0.29, 0.717) is 0 Å². The predicted molar refractivity (Wildman–Crippen MR) is 55.3 cm³/mol. The van der Waals surface area contributed by atoms with Gasteiger partial charge in [-0.05, 0) is 61.5 Å². The number of hydrogen-bond donors (Lipinski definition) is 1. The molecule has 1 aliphatic carbocycles. The highest BCUT2D eigenvalue weighted by molar-refractivity contribution is 7.99. The Balaban J connectivity index is 1.85. The van der Waals surface area contributed by atoms with E-state index in [-0.39, 0.29) is 0 Å². The van der Waals surface area contributed by atoms with Crippen LogP contribution in [0.3, 0.4) is 0 Å². The van der Waals surface area contributed by atoms with Crippen molar-refractivity contribution in [2.75, 3.05) is 18.1 Å². The van der Waals surface area contributed by atoms with Crippen molar-refractivity contribution in [2.45, 2.75) is 25.7 Å². The van der Waals surface area contributed by atoms with E-state index >= 15 is 0 Å². The minimum Gasteiger partial charge on any atom is -0.330 e. The summed E-state index contributed by atoms with van der Waals surface area (Å²) in [6, 6.07) is 0. The molecule has 0 aromatic rings. The van der Waals surface area contributed by atoms with Crippen molar-refractivity contribution >= 4 is 11.8 Å². The first kappa shape index (κ1) is 8.89. The lowest BCUT2D eigenvalue weighted by molar-refractivity contribution is 0.308. The molecule has 2 aliphatic rings. The second-order valence-electron chi connectivity index (χ2n) is 4.21. The maximum atomic E-state index is 5.84.